The van der Waals surface area contributed by atoms with Gasteiger partial charge in [-0.05, 0) is 24.5 Å². The van der Waals surface area contributed by atoms with Crippen molar-refractivity contribution in [3.63, 3.8) is 0 Å². The first kappa shape index (κ1) is 9.97. The lowest BCUT2D eigenvalue weighted by molar-refractivity contribution is -0.116. The molecule has 1 aromatic rings. The number of carbonyl (C=O) groups excluding carboxylic acids is 1. The normalized spacial score (nSPS) is 16.8. The molecular formula is C13H15NO. The summed E-state index contributed by atoms with van der Waals surface area (Å²) >= 11 is 0. The minimum Gasteiger partial charge on any atom is -0.352 e. The van der Waals surface area contributed by atoms with Crippen LogP contribution in [-0.2, 0) is 10.2 Å². The van der Waals surface area contributed by atoms with E-state index in [2.05, 4.69) is 24.0 Å². The number of amides is 1. The van der Waals surface area contributed by atoms with Crippen molar-refractivity contribution in [2.75, 3.05) is 6.54 Å². The zero-order valence-electron chi connectivity index (χ0n) is 8.70. The number of nitrogens with one attached hydrogen (secondary N) is 1. The highest BCUT2D eigenvalue weighted by atomic mass is 16.1. The fourth-order valence-corrected chi connectivity index (χ4v) is 1.84. The van der Waals surface area contributed by atoms with Gasteiger partial charge in [-0.25, -0.2) is 0 Å². The number of hydrogen-bond donors (Lipinski definition) is 1. The third-order valence-electron chi connectivity index (χ3n) is 3.03. The number of carbonyl (C=O) groups is 1. The van der Waals surface area contributed by atoms with Gasteiger partial charge in [0.25, 0.3) is 0 Å². The van der Waals surface area contributed by atoms with Crippen LogP contribution >= 0.6 is 0 Å². The first-order valence-corrected chi connectivity index (χ1v) is 5.23. The molecule has 0 radical (unpaired) electrons. The predicted molar refractivity (Wildman–Crippen MR) is 60.6 cm³/mol. The van der Waals surface area contributed by atoms with Gasteiger partial charge in [0.15, 0.2) is 0 Å². The first-order valence-electron chi connectivity index (χ1n) is 5.23. The second kappa shape index (κ2) is 3.89. The smallest absolute Gasteiger partial charge is 0.243 e. The van der Waals surface area contributed by atoms with Gasteiger partial charge < -0.3 is 5.32 Å². The highest BCUT2D eigenvalue weighted by Crippen LogP contribution is 2.47. The van der Waals surface area contributed by atoms with E-state index in [4.69, 9.17) is 0 Å². The first-order chi connectivity index (χ1) is 7.27. The van der Waals surface area contributed by atoms with Gasteiger partial charge in [0, 0.05) is 12.0 Å². The summed E-state index contributed by atoms with van der Waals surface area (Å²) < 4.78 is 0. The average Bonchev–Trinajstić information content (AvgIpc) is 3.08. The van der Waals surface area contributed by atoms with Crippen LogP contribution in [0.2, 0.25) is 0 Å². The van der Waals surface area contributed by atoms with Crippen molar-refractivity contribution in [1.82, 2.24) is 5.32 Å². The highest BCUT2D eigenvalue weighted by molar-refractivity contribution is 5.86. The van der Waals surface area contributed by atoms with Crippen LogP contribution in [0.1, 0.15) is 18.4 Å². The van der Waals surface area contributed by atoms with Crippen LogP contribution in [0.25, 0.3) is 0 Å². The van der Waals surface area contributed by atoms with E-state index in [9.17, 15) is 4.79 Å². The van der Waals surface area contributed by atoms with Crippen molar-refractivity contribution in [1.29, 1.82) is 0 Å². The molecule has 2 rings (SSSR count). The fourth-order valence-electron chi connectivity index (χ4n) is 1.84. The average molecular weight is 201 g/mol. The Hall–Kier alpha value is -1.57. The maximum atomic E-state index is 11.1. The molecule has 1 aliphatic rings. The number of hydrogen-bond acceptors (Lipinski definition) is 1. The molecule has 1 saturated carbocycles. The Kier molecular flexibility index (Phi) is 2.58. The summed E-state index contributed by atoms with van der Waals surface area (Å²) in [6.07, 6.45) is 3.64. The minimum atomic E-state index is -0.0859. The number of rotatable bonds is 4. The summed E-state index contributed by atoms with van der Waals surface area (Å²) in [6, 6.07) is 10.4. The lowest BCUT2D eigenvalue weighted by Crippen LogP contribution is -2.30. The number of benzene rings is 1. The Morgan fingerprint density at radius 1 is 1.40 bits per heavy atom. The van der Waals surface area contributed by atoms with Crippen molar-refractivity contribution < 1.29 is 4.79 Å². The van der Waals surface area contributed by atoms with Gasteiger partial charge in [-0.15, -0.1) is 0 Å². The molecule has 1 N–H and O–H groups in total. The Balaban J connectivity index is 2.02. The second-order valence-electron chi connectivity index (χ2n) is 4.07. The molecule has 1 aliphatic carbocycles. The van der Waals surface area contributed by atoms with E-state index in [-0.39, 0.29) is 11.3 Å². The van der Waals surface area contributed by atoms with Crippen LogP contribution in [-0.4, -0.2) is 12.5 Å². The van der Waals surface area contributed by atoms with Crippen molar-refractivity contribution in [3.8, 4) is 0 Å². The van der Waals surface area contributed by atoms with Gasteiger partial charge in [-0.1, -0.05) is 36.9 Å². The Morgan fingerprint density at radius 3 is 2.60 bits per heavy atom. The van der Waals surface area contributed by atoms with Gasteiger partial charge in [-0.3, -0.25) is 4.79 Å². The molecule has 15 heavy (non-hydrogen) atoms. The minimum absolute atomic E-state index is 0.0859. The molecule has 0 heterocycles. The quantitative estimate of drug-likeness (QED) is 0.742. The molecular weight excluding hydrogens is 186 g/mol. The van der Waals surface area contributed by atoms with Gasteiger partial charge >= 0.3 is 0 Å². The van der Waals surface area contributed by atoms with Crippen molar-refractivity contribution in [2.24, 2.45) is 0 Å². The fraction of sp³-hybridized carbons (Fsp3) is 0.308. The molecule has 0 aliphatic heterocycles. The van der Waals surface area contributed by atoms with Crippen LogP contribution in [0.5, 0.6) is 0 Å². The predicted octanol–water partition coefficient (Wildman–Crippen LogP) is 2.02. The molecule has 0 spiro atoms. The van der Waals surface area contributed by atoms with Gasteiger partial charge in [0.05, 0.1) is 0 Å². The van der Waals surface area contributed by atoms with Crippen molar-refractivity contribution in [2.45, 2.75) is 18.3 Å². The molecule has 0 saturated heterocycles. The molecule has 0 atom stereocenters. The van der Waals surface area contributed by atoms with E-state index >= 15 is 0 Å². The third-order valence-corrected chi connectivity index (χ3v) is 3.03. The second-order valence-corrected chi connectivity index (χ2v) is 4.07. The summed E-state index contributed by atoms with van der Waals surface area (Å²) in [4.78, 5) is 11.1. The van der Waals surface area contributed by atoms with E-state index in [1.165, 1.54) is 11.6 Å². The third kappa shape index (κ3) is 2.09. The summed E-state index contributed by atoms with van der Waals surface area (Å²) in [5.41, 5.74) is 1.52. The van der Waals surface area contributed by atoms with E-state index in [1.54, 1.807) is 0 Å². The lowest BCUT2D eigenvalue weighted by atomic mass is 9.96. The Bertz CT molecular complexity index is 365. The summed E-state index contributed by atoms with van der Waals surface area (Å²) in [6.45, 7) is 4.17. The summed E-state index contributed by atoms with van der Waals surface area (Å²) in [5, 5.41) is 2.88. The molecule has 0 aromatic heterocycles. The monoisotopic (exact) mass is 201 g/mol. The van der Waals surface area contributed by atoms with Crippen LogP contribution in [0.15, 0.2) is 43.0 Å². The van der Waals surface area contributed by atoms with Gasteiger partial charge in [0.1, 0.15) is 0 Å². The van der Waals surface area contributed by atoms with Crippen LogP contribution in [0.3, 0.4) is 0 Å². The maximum absolute atomic E-state index is 11.1. The summed E-state index contributed by atoms with van der Waals surface area (Å²) in [7, 11) is 0. The van der Waals surface area contributed by atoms with Crippen LogP contribution < -0.4 is 5.32 Å². The zero-order chi connectivity index (χ0) is 10.7. The molecule has 1 aromatic carbocycles. The largest absolute Gasteiger partial charge is 0.352 e. The SMILES string of the molecule is C=CC(=O)NCC1(c2ccccc2)CC1. The molecule has 2 heteroatoms. The Labute approximate surface area is 90.0 Å². The topological polar surface area (TPSA) is 29.1 Å². The molecule has 2 nitrogen and oxygen atoms in total. The molecule has 1 amide bonds. The zero-order valence-corrected chi connectivity index (χ0v) is 8.70. The molecule has 78 valence electrons. The maximum Gasteiger partial charge on any atom is 0.243 e. The highest BCUT2D eigenvalue weighted by Gasteiger charge is 2.43. The standard InChI is InChI=1S/C13H15NO/c1-2-12(15)14-10-13(8-9-13)11-6-4-3-5-7-11/h2-7H,1,8-10H2,(H,14,15). The van der Waals surface area contributed by atoms with E-state index in [0.717, 1.165) is 19.4 Å². The molecule has 1 fully saturated rings. The van der Waals surface area contributed by atoms with E-state index in [1.807, 2.05) is 18.2 Å². The van der Waals surface area contributed by atoms with Gasteiger partial charge in [-0.2, -0.15) is 0 Å². The van der Waals surface area contributed by atoms with E-state index < -0.39 is 0 Å². The van der Waals surface area contributed by atoms with Crippen LogP contribution in [0.4, 0.5) is 0 Å². The van der Waals surface area contributed by atoms with Crippen LogP contribution in [0, 0.1) is 0 Å². The molecule has 0 unspecified atom stereocenters. The van der Waals surface area contributed by atoms with Gasteiger partial charge in [0.2, 0.25) is 5.91 Å². The van der Waals surface area contributed by atoms with Crippen molar-refractivity contribution >= 4 is 5.91 Å². The Morgan fingerprint density at radius 2 is 2.07 bits per heavy atom. The van der Waals surface area contributed by atoms with Crippen molar-refractivity contribution in [3.05, 3.63) is 48.6 Å². The summed E-state index contributed by atoms with van der Waals surface area (Å²) in [5.74, 6) is -0.0859. The molecule has 0 bridgehead atoms. The lowest BCUT2D eigenvalue weighted by Gasteiger charge is -2.15. The van der Waals surface area contributed by atoms with E-state index in [0.29, 0.717) is 0 Å².